The van der Waals surface area contributed by atoms with Crippen LogP contribution in [0.4, 0.5) is 9.52 Å². The summed E-state index contributed by atoms with van der Waals surface area (Å²) in [5.41, 5.74) is 1.37. The number of carbonyl (C=O) groups is 1. The number of likely N-dealkylation sites (tertiary alicyclic amines) is 1. The lowest BCUT2D eigenvalue weighted by Crippen LogP contribution is -2.29. The topological polar surface area (TPSA) is 45.2 Å². The number of nitrogens with zero attached hydrogens (tertiary/aromatic N) is 2. The Morgan fingerprint density at radius 3 is 2.87 bits per heavy atom. The maximum Gasteiger partial charge on any atom is 0.258 e. The lowest BCUT2D eigenvalue weighted by atomic mass is 10.1. The Labute approximate surface area is 146 Å². The van der Waals surface area contributed by atoms with Gasteiger partial charge in [-0.2, -0.15) is 0 Å². The van der Waals surface area contributed by atoms with Crippen LogP contribution in [0.15, 0.2) is 28.1 Å². The summed E-state index contributed by atoms with van der Waals surface area (Å²) in [7, 11) is 0. The second-order valence-corrected chi connectivity index (χ2v) is 7.27. The average molecular weight is 398 g/mol. The van der Waals surface area contributed by atoms with Gasteiger partial charge in [0.2, 0.25) is 0 Å². The molecule has 0 atom stereocenters. The number of rotatable bonds is 4. The first-order valence-electron chi connectivity index (χ1n) is 7.55. The summed E-state index contributed by atoms with van der Waals surface area (Å²) in [5.74, 6) is -0.678. The maximum atomic E-state index is 13.1. The molecule has 7 heteroatoms. The summed E-state index contributed by atoms with van der Waals surface area (Å²) in [5, 5.41) is 5.32. The molecule has 1 aromatic heterocycles. The van der Waals surface area contributed by atoms with E-state index in [0.29, 0.717) is 15.2 Å². The number of benzene rings is 1. The molecule has 0 bridgehead atoms. The standard InChI is InChI=1S/C16H17BrFN3OS/c17-14-8-11(18)4-5-13(14)15(22)20-16-19-12(10-23-16)9-21-6-2-1-3-7-21/h4-5,8,10H,1-3,6-7,9H2,(H,19,20,22). The molecule has 0 spiro atoms. The van der Waals surface area contributed by atoms with Crippen LogP contribution in [-0.2, 0) is 6.54 Å². The quantitative estimate of drug-likeness (QED) is 0.836. The van der Waals surface area contributed by atoms with Crippen LogP contribution in [-0.4, -0.2) is 28.9 Å². The van der Waals surface area contributed by atoms with Gasteiger partial charge in [-0.3, -0.25) is 15.0 Å². The van der Waals surface area contributed by atoms with Crippen molar-refractivity contribution < 1.29 is 9.18 Å². The monoisotopic (exact) mass is 397 g/mol. The predicted octanol–water partition coefficient (Wildman–Crippen LogP) is 4.28. The van der Waals surface area contributed by atoms with Crippen molar-refractivity contribution in [2.45, 2.75) is 25.8 Å². The predicted molar refractivity (Wildman–Crippen MR) is 93.3 cm³/mol. The number of anilines is 1. The van der Waals surface area contributed by atoms with Gasteiger partial charge in [0.15, 0.2) is 5.13 Å². The van der Waals surface area contributed by atoms with Crippen LogP contribution >= 0.6 is 27.3 Å². The van der Waals surface area contributed by atoms with Gasteiger partial charge in [-0.15, -0.1) is 11.3 Å². The van der Waals surface area contributed by atoms with Crippen LogP contribution in [0, 0.1) is 5.82 Å². The molecule has 1 amide bonds. The maximum absolute atomic E-state index is 13.1. The fraction of sp³-hybridized carbons (Fsp3) is 0.375. The summed E-state index contributed by atoms with van der Waals surface area (Å²) < 4.78 is 13.5. The summed E-state index contributed by atoms with van der Waals surface area (Å²) in [6.45, 7) is 3.05. The van der Waals surface area contributed by atoms with Gasteiger partial charge >= 0.3 is 0 Å². The Morgan fingerprint density at radius 2 is 2.13 bits per heavy atom. The highest BCUT2D eigenvalue weighted by molar-refractivity contribution is 9.10. The van der Waals surface area contributed by atoms with Crippen LogP contribution < -0.4 is 5.32 Å². The van der Waals surface area contributed by atoms with Crippen molar-refractivity contribution in [3.05, 3.63) is 45.1 Å². The fourth-order valence-electron chi connectivity index (χ4n) is 2.62. The molecule has 1 aromatic carbocycles. The minimum absolute atomic E-state index is 0.296. The molecule has 2 aromatic rings. The molecule has 1 fully saturated rings. The first-order valence-corrected chi connectivity index (χ1v) is 9.22. The van der Waals surface area contributed by atoms with E-state index in [9.17, 15) is 9.18 Å². The molecular formula is C16H17BrFN3OS. The highest BCUT2D eigenvalue weighted by Gasteiger charge is 2.15. The molecule has 2 heterocycles. The number of carbonyl (C=O) groups excluding carboxylic acids is 1. The van der Waals surface area contributed by atoms with Crippen molar-refractivity contribution in [3.63, 3.8) is 0 Å². The van der Waals surface area contributed by atoms with Gasteiger partial charge in [0.25, 0.3) is 5.91 Å². The minimum atomic E-state index is -0.383. The molecule has 0 unspecified atom stereocenters. The Hall–Kier alpha value is -1.31. The first-order chi connectivity index (χ1) is 11.1. The number of amides is 1. The SMILES string of the molecule is O=C(Nc1nc(CN2CCCCC2)cs1)c1ccc(F)cc1Br. The Morgan fingerprint density at radius 1 is 1.35 bits per heavy atom. The molecule has 1 N–H and O–H groups in total. The second-order valence-electron chi connectivity index (χ2n) is 5.56. The summed E-state index contributed by atoms with van der Waals surface area (Å²) in [6.07, 6.45) is 3.79. The van der Waals surface area contributed by atoms with E-state index in [-0.39, 0.29) is 11.7 Å². The number of nitrogens with one attached hydrogen (secondary N) is 1. The van der Waals surface area contributed by atoms with Gasteiger partial charge in [0.05, 0.1) is 11.3 Å². The molecule has 122 valence electrons. The number of thiazole rings is 1. The third-order valence-corrected chi connectivity index (χ3v) is 5.24. The smallest absolute Gasteiger partial charge is 0.258 e. The molecule has 1 aliphatic rings. The normalized spacial score (nSPS) is 15.6. The number of aromatic nitrogens is 1. The highest BCUT2D eigenvalue weighted by Crippen LogP contribution is 2.22. The van der Waals surface area contributed by atoms with Crippen LogP contribution in [0.2, 0.25) is 0 Å². The molecule has 0 aliphatic carbocycles. The Kier molecular flexibility index (Phi) is 5.40. The van der Waals surface area contributed by atoms with Crippen molar-refractivity contribution >= 4 is 38.3 Å². The zero-order valence-corrected chi connectivity index (χ0v) is 14.9. The second kappa shape index (κ2) is 7.51. The summed E-state index contributed by atoms with van der Waals surface area (Å²) in [4.78, 5) is 19.1. The van der Waals surface area contributed by atoms with Crippen LogP contribution in [0.3, 0.4) is 0 Å². The van der Waals surface area contributed by atoms with Gasteiger partial charge in [-0.25, -0.2) is 9.37 Å². The van der Waals surface area contributed by atoms with Gasteiger partial charge in [-0.05, 0) is 60.1 Å². The zero-order chi connectivity index (χ0) is 16.2. The molecular weight excluding hydrogens is 381 g/mol. The van der Waals surface area contributed by atoms with E-state index in [4.69, 9.17) is 0 Å². The average Bonchev–Trinajstić information content (AvgIpc) is 2.95. The third-order valence-electron chi connectivity index (χ3n) is 3.78. The third kappa shape index (κ3) is 4.37. The summed E-state index contributed by atoms with van der Waals surface area (Å²) in [6, 6.07) is 4.00. The number of hydrogen-bond acceptors (Lipinski definition) is 4. The largest absolute Gasteiger partial charge is 0.298 e. The lowest BCUT2D eigenvalue weighted by Gasteiger charge is -2.25. The van der Waals surface area contributed by atoms with Gasteiger partial charge in [-0.1, -0.05) is 6.42 Å². The highest BCUT2D eigenvalue weighted by atomic mass is 79.9. The lowest BCUT2D eigenvalue weighted by molar-refractivity contribution is 0.102. The summed E-state index contributed by atoms with van der Waals surface area (Å²) >= 11 is 4.62. The van der Waals surface area contributed by atoms with Gasteiger partial charge in [0.1, 0.15) is 5.82 Å². The molecule has 3 rings (SSSR count). The molecule has 0 saturated carbocycles. The van der Waals surface area contributed by atoms with E-state index in [1.54, 1.807) is 0 Å². The van der Waals surface area contributed by atoms with Crippen LogP contribution in [0.25, 0.3) is 0 Å². The van der Waals surface area contributed by atoms with Crippen molar-refractivity contribution in [1.29, 1.82) is 0 Å². The van der Waals surface area contributed by atoms with E-state index < -0.39 is 0 Å². The van der Waals surface area contributed by atoms with E-state index in [1.165, 1.54) is 48.8 Å². The van der Waals surface area contributed by atoms with Crippen molar-refractivity contribution in [2.75, 3.05) is 18.4 Å². The molecule has 23 heavy (non-hydrogen) atoms. The van der Waals surface area contributed by atoms with E-state index in [2.05, 4.69) is 31.1 Å². The van der Waals surface area contributed by atoms with Crippen molar-refractivity contribution in [3.8, 4) is 0 Å². The van der Waals surface area contributed by atoms with Gasteiger partial charge < -0.3 is 0 Å². The van der Waals surface area contributed by atoms with Crippen LogP contribution in [0.5, 0.6) is 0 Å². The number of halogens is 2. The number of piperidine rings is 1. The first kappa shape index (κ1) is 16.5. The minimum Gasteiger partial charge on any atom is -0.298 e. The molecule has 0 radical (unpaired) electrons. The molecule has 1 saturated heterocycles. The fourth-order valence-corrected chi connectivity index (χ4v) is 3.85. The van der Waals surface area contributed by atoms with E-state index >= 15 is 0 Å². The Balaban J connectivity index is 1.62. The molecule has 1 aliphatic heterocycles. The Bertz CT molecular complexity index is 700. The van der Waals surface area contributed by atoms with Gasteiger partial charge in [0, 0.05) is 16.4 Å². The zero-order valence-electron chi connectivity index (χ0n) is 12.5. The van der Waals surface area contributed by atoms with E-state index in [0.717, 1.165) is 25.3 Å². The molecule has 4 nitrogen and oxygen atoms in total. The number of hydrogen-bond donors (Lipinski definition) is 1. The van der Waals surface area contributed by atoms with Crippen molar-refractivity contribution in [2.24, 2.45) is 0 Å². The van der Waals surface area contributed by atoms with Crippen molar-refractivity contribution in [1.82, 2.24) is 9.88 Å². The van der Waals surface area contributed by atoms with Crippen LogP contribution in [0.1, 0.15) is 35.3 Å². The van der Waals surface area contributed by atoms with E-state index in [1.807, 2.05) is 5.38 Å².